The van der Waals surface area contributed by atoms with Crippen LogP contribution in [-0.2, 0) is 9.53 Å². The Bertz CT molecular complexity index is 505. The predicted molar refractivity (Wildman–Crippen MR) is 75.9 cm³/mol. The molecule has 0 aliphatic carbocycles. The lowest BCUT2D eigenvalue weighted by Crippen LogP contribution is -2.55. The van der Waals surface area contributed by atoms with Crippen LogP contribution in [0.1, 0.15) is 13.8 Å². The summed E-state index contributed by atoms with van der Waals surface area (Å²) in [6.45, 7) is 6.29. The van der Waals surface area contributed by atoms with Gasteiger partial charge in [-0.05, 0) is 32.0 Å². The quantitative estimate of drug-likeness (QED) is 0.823. The highest BCUT2D eigenvalue weighted by atomic mass is 19.1. The number of hydrogen-bond acceptors (Lipinski definition) is 4. The van der Waals surface area contributed by atoms with Crippen molar-refractivity contribution in [3.63, 3.8) is 0 Å². The molecule has 3 N–H and O–H groups in total. The first-order valence-electron chi connectivity index (χ1n) is 6.56. The minimum absolute atomic E-state index is 0.0227. The van der Waals surface area contributed by atoms with Crippen molar-refractivity contribution in [3.8, 4) is 0 Å². The Morgan fingerprint density at radius 2 is 2.30 bits per heavy atom. The maximum Gasteiger partial charge on any atom is 0.238 e. The van der Waals surface area contributed by atoms with Crippen LogP contribution in [0.3, 0.4) is 0 Å². The van der Waals surface area contributed by atoms with Crippen LogP contribution in [0.25, 0.3) is 0 Å². The van der Waals surface area contributed by atoms with Gasteiger partial charge in [0.05, 0.1) is 25.4 Å². The van der Waals surface area contributed by atoms with Gasteiger partial charge in [-0.15, -0.1) is 0 Å². The van der Waals surface area contributed by atoms with E-state index in [4.69, 9.17) is 10.5 Å². The summed E-state index contributed by atoms with van der Waals surface area (Å²) in [5, 5.41) is 2.73. The summed E-state index contributed by atoms with van der Waals surface area (Å²) >= 11 is 0. The lowest BCUT2D eigenvalue weighted by atomic mass is 10.0. The minimum Gasteiger partial charge on any atom is -0.396 e. The number of amides is 1. The summed E-state index contributed by atoms with van der Waals surface area (Å²) in [4.78, 5) is 14.1. The maximum atomic E-state index is 13.1. The number of anilines is 2. The number of halogens is 1. The molecule has 5 nitrogen and oxygen atoms in total. The second-order valence-corrected chi connectivity index (χ2v) is 5.57. The van der Waals surface area contributed by atoms with Gasteiger partial charge in [-0.2, -0.15) is 0 Å². The zero-order chi connectivity index (χ0) is 14.8. The van der Waals surface area contributed by atoms with Crippen LogP contribution >= 0.6 is 0 Å². The molecule has 1 saturated heterocycles. The third-order valence-electron chi connectivity index (χ3n) is 3.43. The Hall–Kier alpha value is -1.66. The normalized spacial score (nSPS) is 18.8. The first-order chi connectivity index (χ1) is 9.38. The number of nitrogen functional groups attached to an aromatic ring is 1. The number of carbonyl (C=O) groups excluding carboxylic acids is 1. The molecule has 1 heterocycles. The van der Waals surface area contributed by atoms with E-state index in [0.717, 1.165) is 0 Å². The third kappa shape index (κ3) is 3.46. The molecule has 6 heteroatoms. The number of rotatable bonds is 3. The van der Waals surface area contributed by atoms with Gasteiger partial charge in [-0.3, -0.25) is 9.69 Å². The van der Waals surface area contributed by atoms with Crippen LogP contribution in [-0.4, -0.2) is 42.6 Å². The number of hydrogen-bond donors (Lipinski definition) is 2. The van der Waals surface area contributed by atoms with Crippen molar-refractivity contribution in [2.24, 2.45) is 0 Å². The molecule has 1 aliphatic rings. The Labute approximate surface area is 117 Å². The molecule has 1 aliphatic heterocycles. The topological polar surface area (TPSA) is 67.6 Å². The van der Waals surface area contributed by atoms with Gasteiger partial charge in [0.1, 0.15) is 5.82 Å². The van der Waals surface area contributed by atoms with E-state index >= 15 is 0 Å². The molecule has 0 aromatic heterocycles. The van der Waals surface area contributed by atoms with Crippen LogP contribution in [0.5, 0.6) is 0 Å². The van der Waals surface area contributed by atoms with E-state index in [1.54, 1.807) is 0 Å². The molecular weight excluding hydrogens is 261 g/mol. The first-order valence-corrected chi connectivity index (χ1v) is 6.56. The molecule has 1 aromatic carbocycles. The van der Waals surface area contributed by atoms with Gasteiger partial charge in [-0.1, -0.05) is 0 Å². The van der Waals surface area contributed by atoms with Gasteiger partial charge >= 0.3 is 0 Å². The summed E-state index contributed by atoms with van der Waals surface area (Å²) in [5.74, 6) is -0.636. The summed E-state index contributed by atoms with van der Waals surface area (Å²) in [6, 6.07) is 4.15. The molecule has 1 aromatic rings. The number of nitrogens with two attached hydrogens (primary N) is 1. The zero-order valence-electron chi connectivity index (χ0n) is 11.8. The average molecular weight is 281 g/mol. The first kappa shape index (κ1) is 14.7. The fraction of sp³-hybridized carbons (Fsp3) is 0.500. The van der Waals surface area contributed by atoms with E-state index in [1.165, 1.54) is 18.2 Å². The molecule has 0 unspecified atom stereocenters. The van der Waals surface area contributed by atoms with Gasteiger partial charge in [-0.25, -0.2) is 4.39 Å². The fourth-order valence-corrected chi connectivity index (χ4v) is 2.18. The van der Waals surface area contributed by atoms with Crippen molar-refractivity contribution >= 4 is 17.3 Å². The number of ether oxygens (including phenoxy) is 1. The van der Waals surface area contributed by atoms with Gasteiger partial charge in [0.2, 0.25) is 5.91 Å². The average Bonchev–Trinajstić information content (AvgIpc) is 2.36. The monoisotopic (exact) mass is 281 g/mol. The summed E-state index contributed by atoms with van der Waals surface area (Å²) in [6.07, 6.45) is 0. The second kappa shape index (κ2) is 5.76. The number of nitrogens with one attached hydrogen (secondary N) is 1. The van der Waals surface area contributed by atoms with Gasteiger partial charge in [0, 0.05) is 17.8 Å². The number of benzene rings is 1. The highest BCUT2D eigenvalue weighted by Gasteiger charge is 2.31. The fourth-order valence-electron chi connectivity index (χ4n) is 2.18. The molecule has 1 fully saturated rings. The Balaban J connectivity index is 1.96. The molecule has 0 atom stereocenters. The van der Waals surface area contributed by atoms with E-state index in [9.17, 15) is 9.18 Å². The maximum absolute atomic E-state index is 13.1. The van der Waals surface area contributed by atoms with Crippen molar-refractivity contribution in [1.29, 1.82) is 0 Å². The smallest absolute Gasteiger partial charge is 0.238 e. The number of carbonyl (C=O) groups is 1. The predicted octanol–water partition coefficient (Wildman–Crippen LogP) is 1.46. The van der Waals surface area contributed by atoms with Crippen LogP contribution in [0, 0.1) is 5.82 Å². The van der Waals surface area contributed by atoms with E-state index in [-0.39, 0.29) is 23.7 Å². The Morgan fingerprint density at radius 3 is 2.95 bits per heavy atom. The molecule has 0 spiro atoms. The lowest BCUT2D eigenvalue weighted by molar-refractivity contribution is -0.122. The van der Waals surface area contributed by atoms with E-state index < -0.39 is 5.82 Å². The molecule has 1 amide bonds. The molecule has 0 bridgehead atoms. The van der Waals surface area contributed by atoms with Crippen molar-refractivity contribution in [1.82, 2.24) is 4.90 Å². The third-order valence-corrected chi connectivity index (χ3v) is 3.43. The highest BCUT2D eigenvalue weighted by Crippen LogP contribution is 2.19. The number of morpholine rings is 1. The molecule has 2 rings (SSSR count). The Morgan fingerprint density at radius 1 is 1.55 bits per heavy atom. The highest BCUT2D eigenvalue weighted by molar-refractivity contribution is 5.92. The summed E-state index contributed by atoms with van der Waals surface area (Å²) in [5.41, 5.74) is 5.82. The second-order valence-electron chi connectivity index (χ2n) is 5.57. The minimum atomic E-state index is -0.489. The van der Waals surface area contributed by atoms with Crippen LogP contribution in [0.15, 0.2) is 18.2 Å². The van der Waals surface area contributed by atoms with Crippen molar-refractivity contribution in [3.05, 3.63) is 24.0 Å². The van der Waals surface area contributed by atoms with E-state index in [1.807, 2.05) is 13.8 Å². The van der Waals surface area contributed by atoms with Crippen molar-refractivity contribution in [2.75, 3.05) is 37.4 Å². The van der Waals surface area contributed by atoms with Crippen LogP contribution in [0.2, 0.25) is 0 Å². The Kier molecular flexibility index (Phi) is 4.25. The SMILES string of the molecule is CC1(C)COCCN1CC(=O)Nc1ccc(F)c(N)c1. The largest absolute Gasteiger partial charge is 0.396 e. The molecule has 20 heavy (non-hydrogen) atoms. The molecule has 0 saturated carbocycles. The van der Waals surface area contributed by atoms with Crippen LogP contribution < -0.4 is 11.1 Å². The number of nitrogens with zero attached hydrogens (tertiary/aromatic N) is 1. The summed E-state index contributed by atoms with van der Waals surface area (Å²) in [7, 11) is 0. The van der Waals surface area contributed by atoms with E-state index in [0.29, 0.717) is 25.4 Å². The van der Waals surface area contributed by atoms with Gasteiger partial charge in [0.25, 0.3) is 0 Å². The lowest BCUT2D eigenvalue weighted by Gasteiger charge is -2.41. The molecule has 110 valence electrons. The van der Waals surface area contributed by atoms with Gasteiger partial charge < -0.3 is 15.8 Å². The van der Waals surface area contributed by atoms with Crippen molar-refractivity contribution < 1.29 is 13.9 Å². The molecule has 0 radical (unpaired) electrons. The standard InChI is InChI=1S/C14H20FN3O2/c1-14(2)9-20-6-5-18(14)8-13(19)17-10-3-4-11(15)12(16)7-10/h3-4,7H,5-6,8-9,16H2,1-2H3,(H,17,19). The summed E-state index contributed by atoms with van der Waals surface area (Å²) < 4.78 is 18.5. The van der Waals surface area contributed by atoms with Crippen molar-refractivity contribution in [2.45, 2.75) is 19.4 Å². The van der Waals surface area contributed by atoms with E-state index in [2.05, 4.69) is 10.2 Å². The van der Waals surface area contributed by atoms with Gasteiger partial charge in [0.15, 0.2) is 0 Å². The van der Waals surface area contributed by atoms with Crippen LogP contribution in [0.4, 0.5) is 15.8 Å². The zero-order valence-corrected chi connectivity index (χ0v) is 11.8. The molecular formula is C14H20FN3O2.